The summed E-state index contributed by atoms with van der Waals surface area (Å²) < 4.78 is 14.3. The Bertz CT molecular complexity index is 545. The molecule has 0 saturated carbocycles. The van der Waals surface area contributed by atoms with Gasteiger partial charge in [-0.05, 0) is 39.7 Å². The second kappa shape index (κ2) is 5.67. The molecule has 0 radical (unpaired) electrons. The minimum absolute atomic E-state index is 0.327. The van der Waals surface area contributed by atoms with Gasteiger partial charge in [-0.1, -0.05) is 23.7 Å². The van der Waals surface area contributed by atoms with E-state index in [1.807, 2.05) is 24.3 Å². The molecule has 0 atom stereocenters. The fourth-order valence-electron chi connectivity index (χ4n) is 1.63. The molecule has 1 aromatic carbocycles. The van der Waals surface area contributed by atoms with Crippen LogP contribution < -0.4 is 4.90 Å². The molecule has 0 unspecified atom stereocenters. The van der Waals surface area contributed by atoms with Crippen molar-refractivity contribution in [2.45, 2.75) is 6.54 Å². The van der Waals surface area contributed by atoms with Crippen LogP contribution in [0.3, 0.4) is 0 Å². The Morgan fingerprint density at radius 3 is 2.61 bits per heavy atom. The largest absolute Gasteiger partial charge is 0.353 e. The molecule has 0 aliphatic heterocycles. The number of hydrogen-bond donors (Lipinski definition) is 0. The lowest BCUT2D eigenvalue weighted by Gasteiger charge is -2.18. The van der Waals surface area contributed by atoms with Crippen LogP contribution in [0.25, 0.3) is 0 Å². The molecule has 2 rings (SSSR count). The van der Waals surface area contributed by atoms with Gasteiger partial charge in [0.15, 0.2) is 11.6 Å². The molecule has 1 heterocycles. The number of aromatic nitrogens is 1. The van der Waals surface area contributed by atoms with Crippen molar-refractivity contribution in [3.63, 3.8) is 0 Å². The van der Waals surface area contributed by atoms with E-state index >= 15 is 0 Å². The Hall–Kier alpha value is -1.13. The average Bonchev–Trinajstić information content (AvgIpc) is 2.32. The first-order chi connectivity index (χ1) is 8.56. The molecule has 0 N–H and O–H groups in total. The fraction of sp³-hybridized carbons (Fsp3) is 0.154. The van der Waals surface area contributed by atoms with Crippen molar-refractivity contribution in [1.29, 1.82) is 0 Å². The van der Waals surface area contributed by atoms with E-state index < -0.39 is 0 Å². The highest BCUT2D eigenvalue weighted by atomic mass is 79.9. The summed E-state index contributed by atoms with van der Waals surface area (Å²) >= 11 is 9.00. The van der Waals surface area contributed by atoms with Gasteiger partial charge in [0.25, 0.3) is 0 Å². The smallest absolute Gasteiger partial charge is 0.166 e. The zero-order valence-electron chi connectivity index (χ0n) is 9.70. The molecule has 5 heteroatoms. The number of halogens is 3. The van der Waals surface area contributed by atoms with E-state index in [-0.39, 0.29) is 5.82 Å². The second-order valence-electron chi connectivity index (χ2n) is 3.94. The lowest BCUT2D eigenvalue weighted by Crippen LogP contribution is -2.19. The maximum absolute atomic E-state index is 13.7. The van der Waals surface area contributed by atoms with Crippen LogP contribution >= 0.6 is 27.5 Å². The maximum Gasteiger partial charge on any atom is 0.166 e. The van der Waals surface area contributed by atoms with E-state index in [9.17, 15) is 4.39 Å². The van der Waals surface area contributed by atoms with Crippen LogP contribution in [-0.2, 0) is 6.54 Å². The number of benzene rings is 1. The van der Waals surface area contributed by atoms with Crippen LogP contribution in [0, 0.1) is 5.82 Å². The van der Waals surface area contributed by atoms with Crippen molar-refractivity contribution in [2.24, 2.45) is 0 Å². The first-order valence-corrected chi connectivity index (χ1v) is 6.50. The van der Waals surface area contributed by atoms with Crippen LogP contribution in [-0.4, -0.2) is 12.0 Å². The SMILES string of the molecule is CN(Cc1ccc(Cl)cc1)c1ncc(Br)cc1F. The monoisotopic (exact) mass is 328 g/mol. The highest BCUT2D eigenvalue weighted by Crippen LogP contribution is 2.20. The molecule has 0 bridgehead atoms. The summed E-state index contributed by atoms with van der Waals surface area (Å²) in [5, 5.41) is 0.689. The van der Waals surface area contributed by atoms with Crippen molar-refractivity contribution >= 4 is 33.3 Å². The van der Waals surface area contributed by atoms with E-state index in [2.05, 4.69) is 20.9 Å². The minimum Gasteiger partial charge on any atom is -0.353 e. The van der Waals surface area contributed by atoms with Crippen molar-refractivity contribution in [3.8, 4) is 0 Å². The summed E-state index contributed by atoms with van der Waals surface area (Å²) in [6.07, 6.45) is 1.58. The van der Waals surface area contributed by atoms with Crippen LogP contribution in [0.2, 0.25) is 5.02 Å². The Balaban J connectivity index is 2.16. The maximum atomic E-state index is 13.7. The number of anilines is 1. The molecule has 2 aromatic rings. The minimum atomic E-state index is -0.346. The Morgan fingerprint density at radius 2 is 2.00 bits per heavy atom. The number of pyridine rings is 1. The van der Waals surface area contributed by atoms with Gasteiger partial charge in [0.05, 0.1) is 0 Å². The molecule has 1 aromatic heterocycles. The van der Waals surface area contributed by atoms with Gasteiger partial charge in [-0.25, -0.2) is 9.37 Å². The Kier molecular flexibility index (Phi) is 4.19. The molecule has 18 heavy (non-hydrogen) atoms. The second-order valence-corrected chi connectivity index (χ2v) is 5.29. The number of rotatable bonds is 3. The van der Waals surface area contributed by atoms with Crippen molar-refractivity contribution in [3.05, 3.63) is 57.4 Å². The summed E-state index contributed by atoms with van der Waals surface area (Å²) in [6, 6.07) is 8.86. The van der Waals surface area contributed by atoms with Gasteiger partial charge < -0.3 is 4.90 Å². The van der Waals surface area contributed by atoms with Gasteiger partial charge in [0, 0.05) is 29.3 Å². The third-order valence-electron chi connectivity index (χ3n) is 2.48. The predicted octanol–water partition coefficient (Wildman–Crippen LogP) is 4.27. The van der Waals surface area contributed by atoms with Crippen LogP contribution in [0.15, 0.2) is 41.0 Å². The van der Waals surface area contributed by atoms with Gasteiger partial charge in [-0.15, -0.1) is 0 Å². The standard InChI is InChI=1S/C13H11BrClFN2/c1-18(8-9-2-4-11(15)5-3-9)13-12(16)6-10(14)7-17-13/h2-7H,8H2,1H3. The van der Waals surface area contributed by atoms with Gasteiger partial charge in [0.1, 0.15) is 0 Å². The van der Waals surface area contributed by atoms with Gasteiger partial charge in [-0.2, -0.15) is 0 Å². The lowest BCUT2D eigenvalue weighted by atomic mass is 10.2. The molecule has 2 nitrogen and oxygen atoms in total. The summed E-state index contributed by atoms with van der Waals surface area (Å²) in [5.41, 5.74) is 1.05. The topological polar surface area (TPSA) is 16.1 Å². The quantitative estimate of drug-likeness (QED) is 0.836. The van der Waals surface area contributed by atoms with Gasteiger partial charge >= 0.3 is 0 Å². The Labute approximate surface area is 119 Å². The number of nitrogens with zero attached hydrogens (tertiary/aromatic N) is 2. The average molecular weight is 330 g/mol. The third-order valence-corrected chi connectivity index (χ3v) is 3.17. The molecule has 0 saturated heterocycles. The first kappa shape index (κ1) is 13.3. The zero-order chi connectivity index (χ0) is 13.1. The molecule has 0 fully saturated rings. The van der Waals surface area contributed by atoms with E-state index in [1.165, 1.54) is 6.07 Å². The number of hydrogen-bond acceptors (Lipinski definition) is 2. The highest BCUT2D eigenvalue weighted by molar-refractivity contribution is 9.10. The summed E-state index contributed by atoms with van der Waals surface area (Å²) in [5.74, 6) is -0.0195. The zero-order valence-corrected chi connectivity index (χ0v) is 12.0. The van der Waals surface area contributed by atoms with Crippen LogP contribution in [0.1, 0.15) is 5.56 Å². The fourth-order valence-corrected chi connectivity index (χ4v) is 2.06. The van der Waals surface area contributed by atoms with Gasteiger partial charge in [0.2, 0.25) is 0 Å². The van der Waals surface area contributed by atoms with E-state index in [0.717, 1.165) is 5.56 Å². The first-order valence-electron chi connectivity index (χ1n) is 5.33. The molecule has 0 aliphatic rings. The van der Waals surface area contributed by atoms with E-state index in [0.29, 0.717) is 21.9 Å². The Morgan fingerprint density at radius 1 is 1.33 bits per heavy atom. The van der Waals surface area contributed by atoms with Crippen molar-refractivity contribution in [1.82, 2.24) is 4.98 Å². The molecule has 0 spiro atoms. The summed E-state index contributed by atoms with van der Waals surface area (Å²) in [7, 11) is 1.80. The third kappa shape index (κ3) is 3.21. The molecule has 94 valence electrons. The summed E-state index contributed by atoms with van der Waals surface area (Å²) in [6.45, 7) is 0.572. The van der Waals surface area contributed by atoms with E-state index in [1.54, 1.807) is 18.1 Å². The molecule has 0 amide bonds. The van der Waals surface area contributed by atoms with Crippen molar-refractivity contribution < 1.29 is 4.39 Å². The van der Waals surface area contributed by atoms with E-state index in [4.69, 9.17) is 11.6 Å². The molecular formula is C13H11BrClFN2. The van der Waals surface area contributed by atoms with Gasteiger partial charge in [-0.3, -0.25) is 0 Å². The highest BCUT2D eigenvalue weighted by Gasteiger charge is 2.10. The normalized spacial score (nSPS) is 10.4. The molecule has 0 aliphatic carbocycles. The van der Waals surface area contributed by atoms with Crippen molar-refractivity contribution in [2.75, 3.05) is 11.9 Å². The van der Waals surface area contributed by atoms with Crippen LogP contribution in [0.4, 0.5) is 10.2 Å². The summed E-state index contributed by atoms with van der Waals surface area (Å²) in [4.78, 5) is 5.82. The molecular weight excluding hydrogens is 319 g/mol. The predicted molar refractivity (Wildman–Crippen MR) is 75.5 cm³/mol. The van der Waals surface area contributed by atoms with Crippen LogP contribution in [0.5, 0.6) is 0 Å². The lowest BCUT2D eigenvalue weighted by molar-refractivity contribution is 0.613.